The first-order valence-electron chi connectivity index (χ1n) is 6.13. The third-order valence-corrected chi connectivity index (χ3v) is 3.45. The first-order valence-corrected chi connectivity index (χ1v) is 6.13. The van der Waals surface area contributed by atoms with Crippen LogP contribution >= 0.6 is 12.4 Å². The SMILES string of the molecule is Cl.Cn1nc(N2CCCCC2)c2ccc(F)cc21. The zero-order chi connectivity index (χ0) is 11.8. The Kier molecular flexibility index (Phi) is 3.76. The highest BCUT2D eigenvalue weighted by atomic mass is 35.5. The molecule has 1 fully saturated rings. The standard InChI is InChI=1S/C13H16FN3.ClH/c1-16-12-9-10(14)5-6-11(12)13(15-16)17-7-3-2-4-8-17;/h5-6,9H,2-4,7-8H2,1H3;1H. The monoisotopic (exact) mass is 269 g/mol. The number of fused-ring (bicyclic) bond motifs is 1. The second-order valence-corrected chi connectivity index (χ2v) is 4.66. The second-order valence-electron chi connectivity index (χ2n) is 4.66. The molecule has 5 heteroatoms. The number of hydrogen-bond donors (Lipinski definition) is 0. The fourth-order valence-electron chi connectivity index (χ4n) is 2.55. The first kappa shape index (κ1) is 13.1. The molecule has 1 aromatic heterocycles. The lowest BCUT2D eigenvalue weighted by Gasteiger charge is -2.26. The number of benzene rings is 1. The topological polar surface area (TPSA) is 21.1 Å². The van der Waals surface area contributed by atoms with E-state index in [1.54, 1.807) is 10.7 Å². The number of halogens is 2. The van der Waals surface area contributed by atoms with Crippen molar-refractivity contribution in [2.75, 3.05) is 18.0 Å². The van der Waals surface area contributed by atoms with Crippen molar-refractivity contribution >= 4 is 29.1 Å². The molecule has 0 radical (unpaired) electrons. The summed E-state index contributed by atoms with van der Waals surface area (Å²) in [5.41, 5.74) is 0.866. The van der Waals surface area contributed by atoms with Crippen LogP contribution < -0.4 is 4.90 Å². The van der Waals surface area contributed by atoms with Crippen molar-refractivity contribution in [1.82, 2.24) is 9.78 Å². The lowest BCUT2D eigenvalue weighted by atomic mass is 10.1. The Hall–Kier alpha value is -1.29. The Labute approximate surface area is 112 Å². The second kappa shape index (κ2) is 5.14. The maximum Gasteiger partial charge on any atom is 0.158 e. The molecule has 1 aliphatic heterocycles. The summed E-state index contributed by atoms with van der Waals surface area (Å²) in [4.78, 5) is 2.31. The molecule has 2 aromatic rings. The van der Waals surface area contributed by atoms with Crippen LogP contribution in [0.2, 0.25) is 0 Å². The number of anilines is 1. The van der Waals surface area contributed by atoms with Gasteiger partial charge in [0.2, 0.25) is 0 Å². The minimum Gasteiger partial charge on any atom is -0.355 e. The summed E-state index contributed by atoms with van der Waals surface area (Å²) in [6, 6.07) is 4.90. The summed E-state index contributed by atoms with van der Waals surface area (Å²) in [5.74, 6) is 0.799. The Morgan fingerprint density at radius 1 is 1.17 bits per heavy atom. The Morgan fingerprint density at radius 3 is 2.61 bits per heavy atom. The number of nitrogens with zero attached hydrogens (tertiary/aromatic N) is 3. The Bertz CT molecular complexity index is 546. The van der Waals surface area contributed by atoms with Crippen LogP contribution in [-0.2, 0) is 7.05 Å². The third kappa shape index (κ3) is 2.17. The van der Waals surface area contributed by atoms with Gasteiger partial charge in [0.05, 0.1) is 5.52 Å². The van der Waals surface area contributed by atoms with E-state index in [2.05, 4.69) is 10.00 Å². The van der Waals surface area contributed by atoms with Crippen molar-refractivity contribution in [1.29, 1.82) is 0 Å². The van der Waals surface area contributed by atoms with Crippen molar-refractivity contribution in [3.63, 3.8) is 0 Å². The average Bonchev–Trinajstić information content (AvgIpc) is 2.68. The van der Waals surface area contributed by atoms with Crippen molar-refractivity contribution in [3.05, 3.63) is 24.0 Å². The van der Waals surface area contributed by atoms with Crippen LogP contribution in [0.5, 0.6) is 0 Å². The summed E-state index contributed by atoms with van der Waals surface area (Å²) < 4.78 is 15.0. The van der Waals surface area contributed by atoms with Crippen molar-refractivity contribution < 1.29 is 4.39 Å². The van der Waals surface area contributed by atoms with Crippen LogP contribution in [-0.4, -0.2) is 22.9 Å². The summed E-state index contributed by atoms with van der Waals surface area (Å²) in [6.45, 7) is 2.12. The smallest absolute Gasteiger partial charge is 0.158 e. The molecule has 0 N–H and O–H groups in total. The number of aryl methyl sites for hydroxylation is 1. The number of rotatable bonds is 1. The molecule has 0 unspecified atom stereocenters. The van der Waals surface area contributed by atoms with Crippen LogP contribution in [0.4, 0.5) is 10.2 Å². The normalized spacial score (nSPS) is 15.8. The van der Waals surface area contributed by atoms with Gasteiger partial charge in [-0.05, 0) is 37.5 Å². The molecule has 3 nitrogen and oxygen atoms in total. The molecule has 2 heterocycles. The molecule has 1 aromatic carbocycles. The summed E-state index contributed by atoms with van der Waals surface area (Å²) >= 11 is 0. The molecule has 1 saturated heterocycles. The van der Waals surface area contributed by atoms with Gasteiger partial charge in [-0.3, -0.25) is 4.68 Å². The largest absolute Gasteiger partial charge is 0.355 e. The molecule has 18 heavy (non-hydrogen) atoms. The number of piperidine rings is 1. The van der Waals surface area contributed by atoms with Gasteiger partial charge in [-0.2, -0.15) is 5.10 Å². The molecular formula is C13H17ClFN3. The predicted molar refractivity (Wildman–Crippen MR) is 74.0 cm³/mol. The fourth-order valence-corrected chi connectivity index (χ4v) is 2.55. The maximum atomic E-state index is 13.2. The van der Waals surface area contributed by atoms with E-state index >= 15 is 0 Å². The fraction of sp³-hybridized carbons (Fsp3) is 0.462. The van der Waals surface area contributed by atoms with Gasteiger partial charge < -0.3 is 4.90 Å². The predicted octanol–water partition coefficient (Wildman–Crippen LogP) is 3.12. The van der Waals surface area contributed by atoms with Crippen LogP contribution in [0, 0.1) is 5.82 Å². The van der Waals surface area contributed by atoms with E-state index in [4.69, 9.17) is 0 Å². The molecule has 0 aliphatic carbocycles. The van der Waals surface area contributed by atoms with Crippen LogP contribution in [0.3, 0.4) is 0 Å². The van der Waals surface area contributed by atoms with Crippen LogP contribution in [0.25, 0.3) is 10.9 Å². The molecule has 3 rings (SSSR count). The van der Waals surface area contributed by atoms with E-state index in [9.17, 15) is 4.39 Å². The Morgan fingerprint density at radius 2 is 1.89 bits per heavy atom. The van der Waals surface area contributed by atoms with Crippen molar-refractivity contribution in [2.45, 2.75) is 19.3 Å². The third-order valence-electron chi connectivity index (χ3n) is 3.45. The molecule has 1 aliphatic rings. The molecular weight excluding hydrogens is 253 g/mol. The summed E-state index contributed by atoms with van der Waals surface area (Å²) in [7, 11) is 1.87. The highest BCUT2D eigenvalue weighted by Crippen LogP contribution is 2.28. The van der Waals surface area contributed by atoms with Gasteiger partial charge in [-0.25, -0.2) is 4.39 Å². The Balaban J connectivity index is 0.00000120. The summed E-state index contributed by atoms with van der Waals surface area (Å²) in [5, 5.41) is 5.58. The molecule has 0 atom stereocenters. The van der Waals surface area contributed by atoms with E-state index in [1.807, 2.05) is 13.1 Å². The average molecular weight is 270 g/mol. The van der Waals surface area contributed by atoms with Gasteiger partial charge in [0, 0.05) is 25.5 Å². The van der Waals surface area contributed by atoms with E-state index in [1.165, 1.54) is 25.3 Å². The quantitative estimate of drug-likeness (QED) is 0.793. The highest BCUT2D eigenvalue weighted by molar-refractivity contribution is 5.90. The van der Waals surface area contributed by atoms with Crippen LogP contribution in [0.15, 0.2) is 18.2 Å². The minimum atomic E-state index is -0.203. The molecule has 0 amide bonds. The van der Waals surface area contributed by atoms with Crippen molar-refractivity contribution in [2.24, 2.45) is 7.05 Å². The molecule has 0 saturated carbocycles. The van der Waals surface area contributed by atoms with Crippen LogP contribution in [0.1, 0.15) is 19.3 Å². The van der Waals surface area contributed by atoms with E-state index in [0.29, 0.717) is 0 Å². The summed E-state index contributed by atoms with van der Waals surface area (Å²) in [6.07, 6.45) is 3.74. The molecule has 0 bridgehead atoms. The van der Waals surface area contributed by atoms with Gasteiger partial charge in [-0.15, -0.1) is 12.4 Å². The van der Waals surface area contributed by atoms with Gasteiger partial charge >= 0.3 is 0 Å². The van der Waals surface area contributed by atoms with E-state index in [-0.39, 0.29) is 18.2 Å². The zero-order valence-electron chi connectivity index (χ0n) is 10.4. The maximum absolute atomic E-state index is 13.2. The first-order chi connectivity index (χ1) is 8.25. The van der Waals surface area contributed by atoms with Gasteiger partial charge in [0.1, 0.15) is 5.82 Å². The highest BCUT2D eigenvalue weighted by Gasteiger charge is 2.17. The minimum absolute atomic E-state index is 0. The zero-order valence-corrected chi connectivity index (χ0v) is 11.2. The lowest BCUT2D eigenvalue weighted by molar-refractivity contribution is 0.571. The van der Waals surface area contributed by atoms with E-state index in [0.717, 1.165) is 29.8 Å². The van der Waals surface area contributed by atoms with Gasteiger partial charge in [-0.1, -0.05) is 0 Å². The lowest BCUT2D eigenvalue weighted by Crippen LogP contribution is -2.29. The van der Waals surface area contributed by atoms with E-state index < -0.39 is 0 Å². The van der Waals surface area contributed by atoms with Gasteiger partial charge in [0.15, 0.2) is 5.82 Å². The molecule has 0 spiro atoms. The van der Waals surface area contributed by atoms with Crippen molar-refractivity contribution in [3.8, 4) is 0 Å². The number of aromatic nitrogens is 2. The number of hydrogen-bond acceptors (Lipinski definition) is 2. The molecule has 98 valence electrons. The van der Waals surface area contributed by atoms with Gasteiger partial charge in [0.25, 0.3) is 0 Å².